The Bertz CT molecular complexity index is 614. The molecule has 23 heavy (non-hydrogen) atoms. The Morgan fingerprint density at radius 3 is 3.00 bits per heavy atom. The molecular formula is C17H21BrN2O3. The van der Waals surface area contributed by atoms with Crippen molar-refractivity contribution in [1.29, 1.82) is 0 Å². The van der Waals surface area contributed by atoms with Crippen LogP contribution in [-0.4, -0.2) is 37.6 Å². The summed E-state index contributed by atoms with van der Waals surface area (Å²) in [6.45, 7) is 3.75. The van der Waals surface area contributed by atoms with E-state index in [0.717, 1.165) is 35.2 Å². The van der Waals surface area contributed by atoms with Crippen molar-refractivity contribution >= 4 is 33.4 Å². The number of amides is 2. The number of benzene rings is 1. The fourth-order valence-corrected chi connectivity index (χ4v) is 3.41. The molecule has 2 unspecified atom stereocenters. The number of carbonyl (C=O) groups excluding carboxylic acids is 2. The van der Waals surface area contributed by atoms with E-state index in [0.29, 0.717) is 13.1 Å². The second-order valence-corrected chi connectivity index (χ2v) is 7.07. The van der Waals surface area contributed by atoms with Crippen molar-refractivity contribution in [2.45, 2.75) is 32.3 Å². The number of nitrogens with one attached hydrogen (secondary N) is 1. The lowest BCUT2D eigenvalue weighted by Gasteiger charge is -2.18. The summed E-state index contributed by atoms with van der Waals surface area (Å²) in [7, 11) is 0. The van der Waals surface area contributed by atoms with Crippen LogP contribution in [-0.2, 0) is 14.3 Å². The molecule has 5 nitrogen and oxygen atoms in total. The van der Waals surface area contributed by atoms with Crippen molar-refractivity contribution < 1.29 is 14.3 Å². The van der Waals surface area contributed by atoms with Crippen LogP contribution in [0.4, 0.5) is 5.69 Å². The number of carbonyl (C=O) groups is 2. The maximum atomic E-state index is 12.3. The number of aryl methyl sites for hydroxylation is 1. The van der Waals surface area contributed by atoms with E-state index in [9.17, 15) is 9.59 Å². The van der Waals surface area contributed by atoms with Gasteiger partial charge in [0, 0.05) is 36.3 Å². The Kier molecular flexibility index (Phi) is 5.02. The standard InChI is InChI=1S/C17H21BrN2O3/c1-11-4-5-13(8-15(11)18)20-10-12(7-16(20)21)17(22)19-9-14-3-2-6-23-14/h4-5,8,12,14H,2-3,6-7,9-10H2,1H3,(H,19,22). The highest BCUT2D eigenvalue weighted by atomic mass is 79.9. The predicted octanol–water partition coefficient (Wildman–Crippen LogP) is 2.41. The van der Waals surface area contributed by atoms with Crippen molar-refractivity contribution in [2.75, 3.05) is 24.6 Å². The van der Waals surface area contributed by atoms with Gasteiger partial charge in [-0.05, 0) is 37.5 Å². The van der Waals surface area contributed by atoms with Gasteiger partial charge in [-0.3, -0.25) is 9.59 Å². The molecule has 0 saturated carbocycles. The quantitative estimate of drug-likeness (QED) is 0.872. The molecule has 0 spiro atoms. The van der Waals surface area contributed by atoms with Crippen LogP contribution in [0.1, 0.15) is 24.8 Å². The molecule has 0 aromatic heterocycles. The number of ether oxygens (including phenoxy) is 1. The van der Waals surface area contributed by atoms with Crippen LogP contribution in [0.5, 0.6) is 0 Å². The number of halogens is 1. The van der Waals surface area contributed by atoms with E-state index in [1.807, 2.05) is 25.1 Å². The van der Waals surface area contributed by atoms with Crippen molar-refractivity contribution in [2.24, 2.45) is 5.92 Å². The fraction of sp³-hybridized carbons (Fsp3) is 0.529. The SMILES string of the molecule is Cc1ccc(N2CC(C(=O)NCC3CCCO3)CC2=O)cc1Br. The number of nitrogens with zero attached hydrogens (tertiary/aromatic N) is 1. The third-order valence-corrected chi connectivity index (χ3v) is 5.35. The first-order chi connectivity index (χ1) is 11.0. The summed E-state index contributed by atoms with van der Waals surface area (Å²) >= 11 is 3.49. The molecule has 2 aliphatic rings. The minimum absolute atomic E-state index is 0.00183. The molecule has 1 aromatic rings. The van der Waals surface area contributed by atoms with E-state index < -0.39 is 0 Å². The van der Waals surface area contributed by atoms with Crippen molar-refractivity contribution in [3.8, 4) is 0 Å². The van der Waals surface area contributed by atoms with Crippen LogP contribution >= 0.6 is 15.9 Å². The minimum atomic E-state index is -0.288. The van der Waals surface area contributed by atoms with Gasteiger partial charge < -0.3 is 15.0 Å². The van der Waals surface area contributed by atoms with Gasteiger partial charge in [-0.15, -0.1) is 0 Å². The van der Waals surface area contributed by atoms with Gasteiger partial charge in [0.05, 0.1) is 12.0 Å². The maximum Gasteiger partial charge on any atom is 0.227 e. The highest BCUT2D eigenvalue weighted by Gasteiger charge is 2.35. The van der Waals surface area contributed by atoms with Gasteiger partial charge in [0.1, 0.15) is 0 Å². The first-order valence-electron chi connectivity index (χ1n) is 8.00. The molecule has 1 N–H and O–H groups in total. The normalized spacial score (nSPS) is 24.3. The molecule has 0 aliphatic carbocycles. The monoisotopic (exact) mass is 380 g/mol. The van der Waals surface area contributed by atoms with Crippen LogP contribution in [0.25, 0.3) is 0 Å². The Labute approximate surface area is 144 Å². The Morgan fingerprint density at radius 1 is 1.48 bits per heavy atom. The number of anilines is 1. The van der Waals surface area contributed by atoms with Gasteiger partial charge >= 0.3 is 0 Å². The number of rotatable bonds is 4. The third kappa shape index (κ3) is 3.75. The zero-order valence-electron chi connectivity index (χ0n) is 13.2. The van der Waals surface area contributed by atoms with Crippen molar-refractivity contribution in [3.05, 3.63) is 28.2 Å². The number of hydrogen-bond acceptors (Lipinski definition) is 3. The number of hydrogen-bond donors (Lipinski definition) is 1. The summed E-state index contributed by atoms with van der Waals surface area (Å²) < 4.78 is 6.47. The molecule has 2 fully saturated rings. The Balaban J connectivity index is 1.59. The van der Waals surface area contributed by atoms with E-state index in [4.69, 9.17) is 4.74 Å². The summed E-state index contributed by atoms with van der Waals surface area (Å²) in [5.74, 6) is -0.343. The molecule has 2 heterocycles. The molecule has 124 valence electrons. The lowest BCUT2D eigenvalue weighted by atomic mass is 10.1. The lowest BCUT2D eigenvalue weighted by molar-refractivity contribution is -0.126. The van der Waals surface area contributed by atoms with Crippen LogP contribution in [0.3, 0.4) is 0 Å². The molecule has 2 aliphatic heterocycles. The highest BCUT2D eigenvalue weighted by molar-refractivity contribution is 9.10. The molecule has 0 radical (unpaired) electrons. The largest absolute Gasteiger partial charge is 0.376 e. The topological polar surface area (TPSA) is 58.6 Å². The summed E-state index contributed by atoms with van der Waals surface area (Å²) in [4.78, 5) is 26.2. The zero-order chi connectivity index (χ0) is 16.4. The van der Waals surface area contributed by atoms with Crippen LogP contribution in [0, 0.1) is 12.8 Å². The van der Waals surface area contributed by atoms with Crippen molar-refractivity contribution in [1.82, 2.24) is 5.32 Å². The van der Waals surface area contributed by atoms with Gasteiger partial charge in [-0.2, -0.15) is 0 Å². The second-order valence-electron chi connectivity index (χ2n) is 6.22. The molecule has 1 aromatic carbocycles. The molecule has 2 amide bonds. The lowest BCUT2D eigenvalue weighted by Crippen LogP contribution is -2.37. The molecular weight excluding hydrogens is 360 g/mol. The van der Waals surface area contributed by atoms with E-state index in [1.165, 1.54) is 0 Å². The Morgan fingerprint density at radius 2 is 2.30 bits per heavy atom. The molecule has 0 bridgehead atoms. The van der Waals surface area contributed by atoms with Crippen LogP contribution < -0.4 is 10.2 Å². The molecule has 2 saturated heterocycles. The highest BCUT2D eigenvalue weighted by Crippen LogP contribution is 2.29. The average molecular weight is 381 g/mol. The van der Waals surface area contributed by atoms with Gasteiger partial charge in [-0.1, -0.05) is 22.0 Å². The summed E-state index contributed by atoms with van der Waals surface area (Å²) in [6.07, 6.45) is 2.44. The second kappa shape index (κ2) is 7.01. The molecule has 2 atom stereocenters. The van der Waals surface area contributed by atoms with Gasteiger partial charge in [0.25, 0.3) is 0 Å². The maximum absolute atomic E-state index is 12.3. The van der Waals surface area contributed by atoms with E-state index in [2.05, 4.69) is 21.2 Å². The third-order valence-electron chi connectivity index (χ3n) is 4.49. The van der Waals surface area contributed by atoms with Crippen LogP contribution in [0.2, 0.25) is 0 Å². The first kappa shape index (κ1) is 16.5. The minimum Gasteiger partial charge on any atom is -0.376 e. The smallest absolute Gasteiger partial charge is 0.227 e. The molecule has 3 rings (SSSR count). The predicted molar refractivity (Wildman–Crippen MR) is 91.3 cm³/mol. The summed E-state index contributed by atoms with van der Waals surface area (Å²) in [6, 6.07) is 5.82. The zero-order valence-corrected chi connectivity index (χ0v) is 14.8. The van der Waals surface area contributed by atoms with E-state index >= 15 is 0 Å². The summed E-state index contributed by atoms with van der Waals surface area (Å²) in [5, 5.41) is 2.93. The first-order valence-corrected chi connectivity index (χ1v) is 8.79. The van der Waals surface area contributed by atoms with Gasteiger partial charge in [0.15, 0.2) is 0 Å². The Hall–Kier alpha value is -1.40. The van der Waals surface area contributed by atoms with E-state index in [1.54, 1.807) is 4.90 Å². The fourth-order valence-electron chi connectivity index (χ4n) is 3.05. The van der Waals surface area contributed by atoms with Gasteiger partial charge in [0.2, 0.25) is 11.8 Å². The van der Waals surface area contributed by atoms with E-state index in [-0.39, 0.29) is 30.3 Å². The average Bonchev–Trinajstić information content (AvgIpc) is 3.17. The van der Waals surface area contributed by atoms with Crippen LogP contribution in [0.15, 0.2) is 22.7 Å². The molecule has 6 heteroatoms. The summed E-state index contributed by atoms with van der Waals surface area (Å²) in [5.41, 5.74) is 1.95. The van der Waals surface area contributed by atoms with Gasteiger partial charge in [-0.25, -0.2) is 0 Å². The van der Waals surface area contributed by atoms with Crippen molar-refractivity contribution in [3.63, 3.8) is 0 Å².